The molecule has 0 radical (unpaired) electrons. The van der Waals surface area contributed by atoms with Gasteiger partial charge in [0.2, 0.25) is 0 Å². The van der Waals surface area contributed by atoms with Crippen LogP contribution in [0.4, 0.5) is 10.5 Å². The van der Waals surface area contributed by atoms with Gasteiger partial charge in [-0.2, -0.15) is 0 Å². The summed E-state index contributed by atoms with van der Waals surface area (Å²) < 4.78 is 0. The Bertz CT molecular complexity index is 871. The molecule has 1 saturated heterocycles. The van der Waals surface area contributed by atoms with Gasteiger partial charge in [-0.05, 0) is 50.2 Å². The molecule has 0 bridgehead atoms. The van der Waals surface area contributed by atoms with Crippen molar-refractivity contribution in [1.29, 1.82) is 0 Å². The van der Waals surface area contributed by atoms with E-state index in [9.17, 15) is 14.4 Å². The van der Waals surface area contributed by atoms with Crippen LogP contribution < -0.4 is 5.32 Å². The molecule has 3 rings (SSSR count). The molecule has 0 atom stereocenters. The van der Waals surface area contributed by atoms with Gasteiger partial charge in [0, 0.05) is 56.1 Å². The Labute approximate surface area is 177 Å². The average molecular weight is 409 g/mol. The Balaban J connectivity index is 1.55. The van der Waals surface area contributed by atoms with Gasteiger partial charge in [0.1, 0.15) is 0 Å². The number of hydrogen-bond donors (Lipinski definition) is 1. The second-order valence-electron chi connectivity index (χ2n) is 7.13. The van der Waals surface area contributed by atoms with Crippen molar-refractivity contribution in [3.8, 4) is 0 Å². The zero-order valence-electron chi connectivity index (χ0n) is 17.5. The first-order valence-electron chi connectivity index (χ1n) is 10.3. The lowest BCUT2D eigenvalue weighted by atomic mass is 10.1. The number of urea groups is 1. The maximum atomic E-state index is 12.8. The summed E-state index contributed by atoms with van der Waals surface area (Å²) in [6, 6.07) is 15.9. The van der Waals surface area contributed by atoms with Gasteiger partial charge >= 0.3 is 6.03 Å². The van der Waals surface area contributed by atoms with Crippen LogP contribution >= 0.6 is 0 Å². The molecule has 1 heterocycles. The fourth-order valence-electron chi connectivity index (χ4n) is 3.47. The molecule has 1 N–H and O–H groups in total. The van der Waals surface area contributed by atoms with Gasteiger partial charge in [0.25, 0.3) is 11.8 Å². The first-order valence-corrected chi connectivity index (χ1v) is 10.3. The van der Waals surface area contributed by atoms with E-state index in [0.717, 1.165) is 0 Å². The summed E-state index contributed by atoms with van der Waals surface area (Å²) in [5.74, 6) is -0.255. The van der Waals surface area contributed by atoms with Crippen molar-refractivity contribution in [2.45, 2.75) is 13.8 Å². The van der Waals surface area contributed by atoms with Gasteiger partial charge in [-0.15, -0.1) is 0 Å². The summed E-state index contributed by atoms with van der Waals surface area (Å²) in [6.07, 6.45) is 0. The zero-order chi connectivity index (χ0) is 21.5. The van der Waals surface area contributed by atoms with E-state index in [1.165, 1.54) is 0 Å². The molecule has 2 aromatic rings. The van der Waals surface area contributed by atoms with Crippen molar-refractivity contribution in [3.63, 3.8) is 0 Å². The minimum Gasteiger partial charge on any atom is -0.335 e. The number of carbonyl (C=O) groups excluding carboxylic acids is 3. The van der Waals surface area contributed by atoms with Gasteiger partial charge in [-0.3, -0.25) is 9.59 Å². The third-order valence-corrected chi connectivity index (χ3v) is 5.30. The first kappa shape index (κ1) is 21.4. The lowest BCUT2D eigenvalue weighted by molar-refractivity contribution is 0.0641. The Morgan fingerprint density at radius 3 is 1.93 bits per heavy atom. The molecule has 0 aliphatic carbocycles. The van der Waals surface area contributed by atoms with Crippen molar-refractivity contribution in [3.05, 3.63) is 65.7 Å². The SMILES string of the molecule is CCN(CC)C(=O)N1CCN(C(=O)c2ccc(NC(=O)c3ccccc3)cc2)CC1. The Morgan fingerprint density at radius 1 is 0.800 bits per heavy atom. The van der Waals surface area contributed by atoms with Crippen molar-refractivity contribution >= 4 is 23.5 Å². The highest BCUT2D eigenvalue weighted by molar-refractivity contribution is 6.04. The Hall–Kier alpha value is -3.35. The highest BCUT2D eigenvalue weighted by atomic mass is 16.2. The maximum absolute atomic E-state index is 12.8. The molecule has 30 heavy (non-hydrogen) atoms. The Morgan fingerprint density at radius 2 is 1.37 bits per heavy atom. The van der Waals surface area contributed by atoms with Gasteiger partial charge in [-0.25, -0.2) is 4.79 Å². The monoisotopic (exact) mass is 408 g/mol. The predicted molar refractivity (Wildman–Crippen MR) is 117 cm³/mol. The number of hydrogen-bond acceptors (Lipinski definition) is 3. The molecule has 7 nitrogen and oxygen atoms in total. The minimum absolute atomic E-state index is 0.0330. The summed E-state index contributed by atoms with van der Waals surface area (Å²) in [5.41, 5.74) is 1.78. The minimum atomic E-state index is -0.191. The maximum Gasteiger partial charge on any atom is 0.320 e. The zero-order valence-corrected chi connectivity index (χ0v) is 17.5. The Kier molecular flexibility index (Phi) is 7.06. The van der Waals surface area contributed by atoms with E-state index in [0.29, 0.717) is 56.1 Å². The molecule has 1 fully saturated rings. The van der Waals surface area contributed by atoms with E-state index in [-0.39, 0.29) is 17.8 Å². The van der Waals surface area contributed by atoms with Crippen molar-refractivity contribution < 1.29 is 14.4 Å². The summed E-state index contributed by atoms with van der Waals surface area (Å²) in [7, 11) is 0. The standard InChI is InChI=1S/C23H28N4O3/c1-3-25(4-2)23(30)27-16-14-26(15-17-27)22(29)19-10-12-20(13-11-19)24-21(28)18-8-6-5-7-9-18/h5-13H,3-4,14-17H2,1-2H3,(H,24,28). The van der Waals surface area contributed by atoms with Crippen LogP contribution in [0.3, 0.4) is 0 Å². The van der Waals surface area contributed by atoms with E-state index < -0.39 is 0 Å². The fourth-order valence-corrected chi connectivity index (χ4v) is 3.47. The number of piperazine rings is 1. The van der Waals surface area contributed by atoms with E-state index in [4.69, 9.17) is 0 Å². The van der Waals surface area contributed by atoms with Crippen LogP contribution in [0.2, 0.25) is 0 Å². The smallest absolute Gasteiger partial charge is 0.320 e. The molecule has 0 aromatic heterocycles. The van der Waals surface area contributed by atoms with E-state index in [1.54, 1.807) is 51.1 Å². The average Bonchev–Trinajstić information content (AvgIpc) is 2.80. The van der Waals surface area contributed by atoms with E-state index in [1.807, 2.05) is 32.0 Å². The molecule has 4 amide bonds. The highest BCUT2D eigenvalue weighted by Crippen LogP contribution is 2.15. The molecule has 0 saturated carbocycles. The highest BCUT2D eigenvalue weighted by Gasteiger charge is 2.26. The van der Waals surface area contributed by atoms with Crippen LogP contribution in [0.1, 0.15) is 34.6 Å². The number of nitrogens with one attached hydrogen (secondary N) is 1. The van der Waals surface area contributed by atoms with Crippen LogP contribution in [0.25, 0.3) is 0 Å². The number of nitrogens with zero attached hydrogens (tertiary/aromatic N) is 3. The number of benzene rings is 2. The number of rotatable bonds is 5. The molecule has 7 heteroatoms. The van der Waals surface area contributed by atoms with E-state index in [2.05, 4.69) is 5.32 Å². The largest absolute Gasteiger partial charge is 0.335 e. The quantitative estimate of drug-likeness (QED) is 0.826. The summed E-state index contributed by atoms with van der Waals surface area (Å²) >= 11 is 0. The van der Waals surface area contributed by atoms with Crippen molar-refractivity contribution in [1.82, 2.24) is 14.7 Å². The number of anilines is 1. The lowest BCUT2D eigenvalue weighted by Gasteiger charge is -2.37. The third-order valence-electron chi connectivity index (χ3n) is 5.30. The van der Waals surface area contributed by atoms with Gasteiger partial charge < -0.3 is 20.0 Å². The first-order chi connectivity index (χ1) is 14.5. The third kappa shape index (κ3) is 4.97. The van der Waals surface area contributed by atoms with Crippen molar-refractivity contribution in [2.75, 3.05) is 44.6 Å². The molecule has 1 aliphatic heterocycles. The number of amides is 4. The van der Waals surface area contributed by atoms with Crippen LogP contribution in [-0.4, -0.2) is 71.8 Å². The van der Waals surface area contributed by atoms with Gasteiger partial charge in [0.15, 0.2) is 0 Å². The molecule has 158 valence electrons. The van der Waals surface area contributed by atoms with Gasteiger partial charge in [-0.1, -0.05) is 18.2 Å². The normalized spacial score (nSPS) is 13.7. The topological polar surface area (TPSA) is 73.0 Å². The van der Waals surface area contributed by atoms with Crippen LogP contribution in [0.5, 0.6) is 0 Å². The number of carbonyl (C=O) groups is 3. The van der Waals surface area contributed by atoms with Gasteiger partial charge in [0.05, 0.1) is 0 Å². The molecular formula is C23H28N4O3. The second-order valence-corrected chi connectivity index (χ2v) is 7.13. The van der Waals surface area contributed by atoms with Crippen LogP contribution in [0.15, 0.2) is 54.6 Å². The summed E-state index contributed by atoms with van der Waals surface area (Å²) in [5, 5.41) is 2.83. The molecule has 2 aromatic carbocycles. The van der Waals surface area contributed by atoms with Crippen molar-refractivity contribution in [2.24, 2.45) is 0 Å². The molecule has 0 unspecified atom stereocenters. The molecule has 0 spiro atoms. The summed E-state index contributed by atoms with van der Waals surface area (Å²) in [4.78, 5) is 42.9. The van der Waals surface area contributed by atoms with E-state index >= 15 is 0 Å². The molecule has 1 aliphatic rings. The van der Waals surface area contributed by atoms with Crippen LogP contribution in [0, 0.1) is 0 Å². The summed E-state index contributed by atoms with van der Waals surface area (Å²) in [6.45, 7) is 7.39. The fraction of sp³-hybridized carbons (Fsp3) is 0.348. The second kappa shape index (κ2) is 9.91. The lowest BCUT2D eigenvalue weighted by Crippen LogP contribution is -2.54. The van der Waals surface area contributed by atoms with Crippen LogP contribution in [-0.2, 0) is 0 Å². The predicted octanol–water partition coefficient (Wildman–Crippen LogP) is 3.16. The molecular weight excluding hydrogens is 380 g/mol.